The van der Waals surface area contributed by atoms with Gasteiger partial charge in [-0.05, 0) is 32.0 Å². The summed E-state index contributed by atoms with van der Waals surface area (Å²) < 4.78 is 20.7. The van der Waals surface area contributed by atoms with E-state index in [0.717, 1.165) is 30.0 Å². The molecule has 5 rings (SSSR count). The van der Waals surface area contributed by atoms with Crippen molar-refractivity contribution in [2.24, 2.45) is 5.10 Å². The molecule has 3 aliphatic rings. The van der Waals surface area contributed by atoms with Gasteiger partial charge in [-0.2, -0.15) is 5.10 Å². The van der Waals surface area contributed by atoms with Crippen LogP contribution < -0.4 is 25.3 Å². The zero-order valence-electron chi connectivity index (χ0n) is 17.6. The Hall–Kier alpha value is -2.84. The average molecular weight is 446 g/mol. The van der Waals surface area contributed by atoms with Crippen molar-refractivity contribution in [3.63, 3.8) is 0 Å². The predicted molar refractivity (Wildman–Crippen MR) is 122 cm³/mol. The molecule has 3 aliphatic heterocycles. The first-order valence-electron chi connectivity index (χ1n) is 10.0. The minimum Gasteiger partial charge on any atom is -0.483 e. The molecule has 1 atom stereocenters. The molecule has 7 nitrogen and oxygen atoms in total. The number of carbonyl (C=O) groups excluding carboxylic acids is 1. The van der Waals surface area contributed by atoms with Gasteiger partial charge in [0, 0.05) is 37.0 Å². The van der Waals surface area contributed by atoms with Crippen LogP contribution in [0.3, 0.4) is 0 Å². The molecule has 1 fully saturated rings. The third kappa shape index (κ3) is 3.30. The Morgan fingerprint density at radius 2 is 2.00 bits per heavy atom. The lowest BCUT2D eigenvalue weighted by Gasteiger charge is -2.49. The summed E-state index contributed by atoms with van der Waals surface area (Å²) in [5.41, 5.74) is 5.38. The maximum atomic E-state index is 14.8. The first-order chi connectivity index (χ1) is 14.4. The van der Waals surface area contributed by atoms with Gasteiger partial charge in [-0.15, -0.1) is 12.4 Å². The summed E-state index contributed by atoms with van der Waals surface area (Å²) in [6, 6.07) is 10.2. The average Bonchev–Trinajstić information content (AvgIpc) is 2.73. The van der Waals surface area contributed by atoms with Crippen LogP contribution in [0.15, 0.2) is 41.5 Å². The minimum atomic E-state index is -0.418. The molecule has 0 bridgehead atoms. The van der Waals surface area contributed by atoms with E-state index in [9.17, 15) is 9.18 Å². The number of fused-ring (bicyclic) bond motifs is 3. The number of halogens is 2. The molecule has 0 aliphatic carbocycles. The second-order valence-corrected chi connectivity index (χ2v) is 8.32. The van der Waals surface area contributed by atoms with E-state index in [2.05, 4.69) is 27.7 Å². The molecule has 164 valence electrons. The minimum absolute atomic E-state index is 0. The van der Waals surface area contributed by atoms with E-state index in [0.29, 0.717) is 17.1 Å². The van der Waals surface area contributed by atoms with E-state index in [1.165, 1.54) is 6.07 Å². The van der Waals surface area contributed by atoms with Gasteiger partial charge < -0.3 is 19.9 Å². The number of anilines is 2. The Kier molecular flexibility index (Phi) is 5.31. The zero-order valence-corrected chi connectivity index (χ0v) is 18.4. The molecular weight excluding hydrogens is 421 g/mol. The molecule has 9 heteroatoms. The molecule has 0 radical (unpaired) electrons. The first kappa shape index (κ1) is 21.4. The normalized spacial score (nSPS) is 20.8. The Balaban J connectivity index is 0.00000231. The van der Waals surface area contributed by atoms with Crippen molar-refractivity contribution in [2.45, 2.75) is 25.4 Å². The quantitative estimate of drug-likeness (QED) is 0.760. The Morgan fingerprint density at radius 1 is 1.26 bits per heavy atom. The third-order valence-corrected chi connectivity index (χ3v) is 6.38. The van der Waals surface area contributed by atoms with Crippen LogP contribution in [0.4, 0.5) is 15.8 Å². The maximum absolute atomic E-state index is 14.8. The van der Waals surface area contributed by atoms with Crippen molar-refractivity contribution in [3.05, 3.63) is 42.2 Å². The van der Waals surface area contributed by atoms with Gasteiger partial charge in [0.25, 0.3) is 5.91 Å². The number of amides is 1. The van der Waals surface area contributed by atoms with Crippen LogP contribution in [0.1, 0.15) is 13.8 Å². The highest BCUT2D eigenvalue weighted by atomic mass is 35.5. The number of carbonyl (C=O) groups is 1. The Bertz CT molecular complexity index is 1070. The number of nitrogens with zero attached hydrogens (tertiary/aromatic N) is 3. The summed E-state index contributed by atoms with van der Waals surface area (Å²) in [6.07, 6.45) is 0. The van der Waals surface area contributed by atoms with Gasteiger partial charge in [-0.1, -0.05) is 18.2 Å². The van der Waals surface area contributed by atoms with E-state index in [4.69, 9.17) is 4.74 Å². The van der Waals surface area contributed by atoms with Crippen LogP contribution >= 0.6 is 12.4 Å². The van der Waals surface area contributed by atoms with Gasteiger partial charge in [-0.25, -0.2) is 9.82 Å². The number of hydrogen-bond acceptors (Lipinski definition) is 6. The lowest BCUT2D eigenvalue weighted by Crippen LogP contribution is -2.66. The van der Waals surface area contributed by atoms with Crippen molar-refractivity contribution in [2.75, 3.05) is 36.5 Å². The summed E-state index contributed by atoms with van der Waals surface area (Å²) >= 11 is 0. The summed E-state index contributed by atoms with van der Waals surface area (Å²) in [5, 5.41) is 7.48. The highest BCUT2D eigenvalue weighted by Gasteiger charge is 2.40. The Morgan fingerprint density at radius 3 is 2.68 bits per heavy atom. The van der Waals surface area contributed by atoms with Crippen LogP contribution in [0.25, 0.3) is 11.1 Å². The molecule has 31 heavy (non-hydrogen) atoms. The van der Waals surface area contributed by atoms with Gasteiger partial charge in [0.2, 0.25) is 0 Å². The van der Waals surface area contributed by atoms with Gasteiger partial charge >= 0.3 is 0 Å². The molecule has 0 spiro atoms. The molecule has 1 amide bonds. The lowest BCUT2D eigenvalue weighted by atomic mass is 9.90. The van der Waals surface area contributed by atoms with Crippen LogP contribution in [-0.2, 0) is 4.79 Å². The number of nitrogens with one attached hydrogen (secondary N) is 2. The van der Waals surface area contributed by atoms with Gasteiger partial charge in [0.15, 0.2) is 5.84 Å². The monoisotopic (exact) mass is 445 g/mol. The van der Waals surface area contributed by atoms with Gasteiger partial charge in [0.05, 0.1) is 11.2 Å². The lowest BCUT2D eigenvalue weighted by molar-refractivity contribution is -0.122. The van der Waals surface area contributed by atoms with Gasteiger partial charge in [-0.3, -0.25) is 4.79 Å². The topological polar surface area (TPSA) is 69.2 Å². The second-order valence-electron chi connectivity index (χ2n) is 8.32. The number of rotatable bonds is 3. The van der Waals surface area contributed by atoms with E-state index in [-0.39, 0.29) is 36.3 Å². The Labute approximate surface area is 186 Å². The largest absolute Gasteiger partial charge is 0.483 e. The van der Waals surface area contributed by atoms with E-state index >= 15 is 0 Å². The SMILES string of the molecule is C[C@@H]1C(=O)NN=C2COc3cc(-c4ccccc4F)c(N(C)C4(C)CNC4)cc3N21.Cl. The molecule has 2 aromatic rings. The molecule has 1 saturated heterocycles. The summed E-state index contributed by atoms with van der Waals surface area (Å²) in [4.78, 5) is 16.3. The van der Waals surface area contributed by atoms with Crippen LogP contribution in [0.5, 0.6) is 5.75 Å². The number of hydrazone groups is 1. The summed E-state index contributed by atoms with van der Waals surface area (Å²) in [7, 11) is 2.03. The number of benzene rings is 2. The summed E-state index contributed by atoms with van der Waals surface area (Å²) in [5.74, 6) is 0.809. The molecule has 2 N–H and O–H groups in total. The molecule has 3 heterocycles. The predicted octanol–water partition coefficient (Wildman–Crippen LogP) is 2.74. The number of likely N-dealkylation sites (N-methyl/N-ethyl adjacent to an activating group) is 1. The maximum Gasteiger partial charge on any atom is 0.262 e. The zero-order chi connectivity index (χ0) is 21.0. The smallest absolute Gasteiger partial charge is 0.262 e. The van der Waals surface area contributed by atoms with Crippen molar-refractivity contribution >= 4 is 35.5 Å². The standard InChI is InChI=1S/C22H24FN5O2.ClH/c1-13-21(29)26-25-20-10-30-19-8-15(14-6-4-5-7-16(14)23)17(9-18(19)28(13)20)27(3)22(2)11-24-12-22;/h4-9,13,24H,10-12H2,1-3H3,(H,26,29);1H/t13-;/m1./s1. The third-order valence-electron chi connectivity index (χ3n) is 6.38. The number of amidine groups is 1. The number of ether oxygens (including phenoxy) is 1. The van der Waals surface area contributed by atoms with Crippen LogP contribution in [0.2, 0.25) is 0 Å². The van der Waals surface area contributed by atoms with Crippen LogP contribution in [0, 0.1) is 5.82 Å². The van der Waals surface area contributed by atoms with E-state index in [1.54, 1.807) is 12.1 Å². The van der Waals surface area contributed by atoms with Crippen LogP contribution in [-0.4, -0.2) is 50.1 Å². The van der Waals surface area contributed by atoms with Gasteiger partial charge in [0.1, 0.15) is 24.2 Å². The first-order valence-corrected chi connectivity index (χ1v) is 10.0. The molecule has 0 aromatic heterocycles. The number of hydrogen-bond donors (Lipinski definition) is 2. The molecular formula is C22H25ClFN5O2. The molecule has 0 saturated carbocycles. The fraction of sp³-hybridized carbons (Fsp3) is 0.364. The van der Waals surface area contributed by atoms with Crippen molar-refractivity contribution in [3.8, 4) is 16.9 Å². The van der Waals surface area contributed by atoms with Crippen molar-refractivity contribution in [1.82, 2.24) is 10.7 Å². The highest BCUT2D eigenvalue weighted by molar-refractivity contribution is 6.10. The fourth-order valence-electron chi connectivity index (χ4n) is 4.25. The fourth-order valence-corrected chi connectivity index (χ4v) is 4.25. The second kappa shape index (κ2) is 7.69. The highest BCUT2D eigenvalue weighted by Crippen LogP contribution is 2.45. The summed E-state index contributed by atoms with van der Waals surface area (Å²) in [6.45, 7) is 5.93. The van der Waals surface area contributed by atoms with Crippen molar-refractivity contribution < 1.29 is 13.9 Å². The van der Waals surface area contributed by atoms with Crippen molar-refractivity contribution in [1.29, 1.82) is 0 Å². The van der Waals surface area contributed by atoms with E-state index < -0.39 is 6.04 Å². The molecule has 2 aromatic carbocycles. The van der Waals surface area contributed by atoms with E-state index in [1.807, 2.05) is 37.1 Å². The molecule has 0 unspecified atom stereocenters.